The van der Waals surface area contributed by atoms with E-state index in [2.05, 4.69) is 20.8 Å². The molecule has 0 spiro atoms. The molecule has 1 N–H and O–H groups in total. The van der Waals surface area contributed by atoms with Gasteiger partial charge in [0.05, 0.1) is 18.2 Å². The zero-order valence-electron chi connectivity index (χ0n) is 19.4. The van der Waals surface area contributed by atoms with Gasteiger partial charge in [0, 0.05) is 6.04 Å². The number of ether oxygens (including phenoxy) is 1. The van der Waals surface area contributed by atoms with Crippen LogP contribution in [0.4, 0.5) is 0 Å². The summed E-state index contributed by atoms with van der Waals surface area (Å²) < 4.78 is 11.4. The predicted molar refractivity (Wildman–Crippen MR) is 122 cm³/mol. The largest absolute Gasteiger partial charge is 0.507 e. The lowest BCUT2D eigenvalue weighted by molar-refractivity contribution is -0.141. The first kappa shape index (κ1) is 22.2. The van der Waals surface area contributed by atoms with Crippen molar-refractivity contribution >= 4 is 17.4 Å². The van der Waals surface area contributed by atoms with Crippen molar-refractivity contribution < 1.29 is 23.8 Å². The number of carbonyl (C=O) groups excluding carboxylic acids is 2. The number of amides is 1. The van der Waals surface area contributed by atoms with E-state index in [4.69, 9.17) is 9.15 Å². The van der Waals surface area contributed by atoms with E-state index >= 15 is 0 Å². The van der Waals surface area contributed by atoms with E-state index in [1.54, 1.807) is 17.0 Å². The fourth-order valence-electron chi connectivity index (χ4n) is 4.79. The number of carbonyl (C=O) groups is 2. The van der Waals surface area contributed by atoms with Gasteiger partial charge in [-0.25, -0.2) is 0 Å². The van der Waals surface area contributed by atoms with Crippen LogP contribution in [0.2, 0.25) is 0 Å². The quantitative estimate of drug-likeness (QED) is 0.401. The SMILES string of the molecule is COc1ccc(C(C)(C)C)cc1/C(O)=C1\C(=O)C(=O)N(C2CCCC2)C1c1ccc(C)o1. The highest BCUT2D eigenvalue weighted by Crippen LogP contribution is 2.45. The van der Waals surface area contributed by atoms with Gasteiger partial charge >= 0.3 is 0 Å². The Kier molecular flexibility index (Phi) is 5.65. The summed E-state index contributed by atoms with van der Waals surface area (Å²) in [4.78, 5) is 28.1. The number of rotatable bonds is 4. The number of Topliss-reactive ketones (excluding diaryl/α,β-unsaturated/α-hetero) is 1. The molecular formula is C26H31NO5. The zero-order chi connectivity index (χ0) is 23.2. The van der Waals surface area contributed by atoms with Crippen molar-refractivity contribution in [2.24, 2.45) is 0 Å². The maximum absolute atomic E-state index is 13.3. The van der Waals surface area contributed by atoms with Crippen LogP contribution in [0, 0.1) is 6.92 Å². The number of nitrogens with zero attached hydrogens (tertiary/aromatic N) is 1. The average Bonchev–Trinajstić information content (AvgIpc) is 3.47. The summed E-state index contributed by atoms with van der Waals surface area (Å²) in [5.41, 5.74) is 1.27. The molecule has 1 atom stereocenters. The van der Waals surface area contributed by atoms with Gasteiger partial charge in [0.2, 0.25) is 0 Å². The van der Waals surface area contributed by atoms with Gasteiger partial charge in [0.25, 0.3) is 11.7 Å². The summed E-state index contributed by atoms with van der Waals surface area (Å²) in [5, 5.41) is 11.5. The number of aryl methyl sites for hydroxylation is 1. The van der Waals surface area contributed by atoms with E-state index < -0.39 is 17.7 Å². The van der Waals surface area contributed by atoms with Gasteiger partial charge in [-0.2, -0.15) is 0 Å². The van der Waals surface area contributed by atoms with Crippen LogP contribution in [0.25, 0.3) is 5.76 Å². The molecule has 1 unspecified atom stereocenters. The van der Waals surface area contributed by atoms with Gasteiger partial charge in [0.1, 0.15) is 29.1 Å². The van der Waals surface area contributed by atoms with E-state index in [-0.39, 0.29) is 22.8 Å². The van der Waals surface area contributed by atoms with Crippen LogP contribution < -0.4 is 4.74 Å². The second-order valence-electron chi connectivity index (χ2n) is 9.76. The minimum absolute atomic E-state index is 0.0463. The fourth-order valence-corrected chi connectivity index (χ4v) is 4.79. The summed E-state index contributed by atoms with van der Waals surface area (Å²) in [5.74, 6) is 0.119. The molecule has 170 valence electrons. The van der Waals surface area contributed by atoms with Crippen LogP contribution in [0.15, 0.2) is 40.3 Å². The third-order valence-corrected chi connectivity index (χ3v) is 6.55. The number of benzene rings is 1. The lowest BCUT2D eigenvalue weighted by Gasteiger charge is -2.29. The normalized spacial score (nSPS) is 21.5. The lowest BCUT2D eigenvalue weighted by Crippen LogP contribution is -2.37. The van der Waals surface area contributed by atoms with Gasteiger partial charge in [-0.05, 0) is 55.0 Å². The molecule has 2 aliphatic rings. The van der Waals surface area contributed by atoms with E-state index in [1.165, 1.54) is 7.11 Å². The Balaban J connectivity index is 1.93. The average molecular weight is 438 g/mol. The van der Waals surface area contributed by atoms with E-state index in [9.17, 15) is 14.7 Å². The third-order valence-electron chi connectivity index (χ3n) is 6.55. The Morgan fingerprint density at radius 3 is 2.38 bits per heavy atom. The summed E-state index contributed by atoms with van der Waals surface area (Å²) in [6.45, 7) is 8.04. The molecule has 1 saturated carbocycles. The highest BCUT2D eigenvalue weighted by molar-refractivity contribution is 6.46. The molecule has 1 amide bonds. The van der Waals surface area contributed by atoms with Crippen molar-refractivity contribution in [1.29, 1.82) is 0 Å². The van der Waals surface area contributed by atoms with Crippen molar-refractivity contribution in [2.75, 3.05) is 7.11 Å². The fraction of sp³-hybridized carbons (Fsp3) is 0.462. The first-order chi connectivity index (χ1) is 15.1. The maximum Gasteiger partial charge on any atom is 0.296 e. The van der Waals surface area contributed by atoms with Crippen molar-refractivity contribution in [2.45, 2.75) is 70.9 Å². The molecule has 1 saturated heterocycles. The highest BCUT2D eigenvalue weighted by Gasteiger charge is 2.50. The Labute approximate surface area is 188 Å². The molecule has 1 aromatic heterocycles. The van der Waals surface area contributed by atoms with Gasteiger partial charge in [-0.15, -0.1) is 0 Å². The van der Waals surface area contributed by atoms with Gasteiger partial charge in [-0.1, -0.05) is 39.7 Å². The minimum atomic E-state index is -0.755. The van der Waals surface area contributed by atoms with Crippen LogP contribution in [0.1, 0.15) is 75.1 Å². The molecule has 1 aliphatic carbocycles. The Morgan fingerprint density at radius 2 is 1.81 bits per heavy atom. The van der Waals surface area contributed by atoms with Crippen LogP contribution in [-0.4, -0.2) is 34.8 Å². The number of hydrogen-bond acceptors (Lipinski definition) is 5. The number of aliphatic hydroxyl groups is 1. The zero-order valence-corrected chi connectivity index (χ0v) is 19.4. The Hall–Kier alpha value is -3.02. The maximum atomic E-state index is 13.3. The Bertz CT molecular complexity index is 1080. The van der Waals surface area contributed by atoms with E-state index in [1.807, 2.05) is 25.1 Å². The van der Waals surface area contributed by atoms with Crippen LogP contribution in [-0.2, 0) is 15.0 Å². The monoisotopic (exact) mass is 437 g/mol. The van der Waals surface area contributed by atoms with Crippen molar-refractivity contribution in [3.8, 4) is 5.75 Å². The van der Waals surface area contributed by atoms with Crippen molar-refractivity contribution in [1.82, 2.24) is 4.90 Å². The standard InChI is InChI=1S/C26H31NO5/c1-15-10-12-20(32-15)22-21(24(29)25(30)27(22)17-8-6-7-9-17)23(28)18-14-16(26(2,3)4)11-13-19(18)31-5/h10-14,17,22,28H,6-9H2,1-5H3/b23-21+. The molecule has 4 rings (SSSR count). The number of aliphatic hydroxyl groups excluding tert-OH is 1. The van der Waals surface area contributed by atoms with Crippen molar-refractivity contribution in [3.05, 3.63) is 58.6 Å². The first-order valence-electron chi connectivity index (χ1n) is 11.2. The van der Waals surface area contributed by atoms with Crippen LogP contribution >= 0.6 is 0 Å². The second-order valence-corrected chi connectivity index (χ2v) is 9.76. The Morgan fingerprint density at radius 1 is 1.12 bits per heavy atom. The van der Waals surface area contributed by atoms with Gasteiger partial charge in [-0.3, -0.25) is 9.59 Å². The van der Waals surface area contributed by atoms with Gasteiger partial charge < -0.3 is 19.2 Å². The number of furan rings is 1. The van der Waals surface area contributed by atoms with Crippen LogP contribution in [0.3, 0.4) is 0 Å². The molecule has 2 heterocycles. The predicted octanol–water partition coefficient (Wildman–Crippen LogP) is 5.26. The third kappa shape index (κ3) is 3.72. The van der Waals surface area contributed by atoms with Crippen molar-refractivity contribution in [3.63, 3.8) is 0 Å². The number of methoxy groups -OCH3 is 1. The van der Waals surface area contributed by atoms with Gasteiger partial charge in [0.15, 0.2) is 0 Å². The smallest absolute Gasteiger partial charge is 0.296 e. The van der Waals surface area contributed by atoms with E-state index in [0.29, 0.717) is 22.8 Å². The summed E-state index contributed by atoms with van der Waals surface area (Å²) in [6.07, 6.45) is 3.70. The van der Waals surface area contributed by atoms with E-state index in [0.717, 1.165) is 31.2 Å². The molecule has 2 fully saturated rings. The molecular weight excluding hydrogens is 406 g/mol. The topological polar surface area (TPSA) is 80.0 Å². The molecule has 6 heteroatoms. The lowest BCUT2D eigenvalue weighted by atomic mass is 9.85. The summed E-state index contributed by atoms with van der Waals surface area (Å²) in [7, 11) is 1.52. The molecule has 0 radical (unpaired) electrons. The minimum Gasteiger partial charge on any atom is -0.507 e. The molecule has 1 aliphatic heterocycles. The van der Waals surface area contributed by atoms with Crippen LogP contribution in [0.5, 0.6) is 5.75 Å². The summed E-state index contributed by atoms with van der Waals surface area (Å²) in [6, 6.07) is 8.36. The molecule has 1 aromatic carbocycles. The molecule has 0 bridgehead atoms. The summed E-state index contributed by atoms with van der Waals surface area (Å²) >= 11 is 0. The highest BCUT2D eigenvalue weighted by atomic mass is 16.5. The number of likely N-dealkylation sites (tertiary alicyclic amines) is 1. The number of ketones is 1. The second kappa shape index (κ2) is 8.15. The molecule has 6 nitrogen and oxygen atoms in total. The molecule has 2 aromatic rings. The molecule has 32 heavy (non-hydrogen) atoms. The first-order valence-corrected chi connectivity index (χ1v) is 11.2. The number of hydrogen-bond donors (Lipinski definition) is 1.